The predicted octanol–water partition coefficient (Wildman–Crippen LogP) is 0.994. The van der Waals surface area contributed by atoms with Crippen molar-refractivity contribution >= 4 is 23.5 Å². The predicted molar refractivity (Wildman–Crippen MR) is 97.3 cm³/mol. The van der Waals surface area contributed by atoms with Gasteiger partial charge in [-0.05, 0) is 12.1 Å². The summed E-state index contributed by atoms with van der Waals surface area (Å²) >= 11 is 0. The Bertz CT molecular complexity index is 711. The van der Waals surface area contributed by atoms with Crippen LogP contribution in [0.25, 0.3) is 0 Å². The molecule has 9 heteroatoms. The third kappa shape index (κ3) is 3.94. The summed E-state index contributed by atoms with van der Waals surface area (Å²) in [5.41, 5.74) is 0.719. The monoisotopic (exact) mass is 358 g/mol. The second-order valence-electron chi connectivity index (χ2n) is 6.13. The zero-order chi connectivity index (χ0) is 17.8. The highest BCUT2D eigenvalue weighted by atomic mass is 16.5. The Labute approximate surface area is 151 Å². The molecule has 2 aliphatic rings. The Morgan fingerprint density at radius 2 is 1.42 bits per heavy atom. The summed E-state index contributed by atoms with van der Waals surface area (Å²) in [6.07, 6.45) is 0. The lowest BCUT2D eigenvalue weighted by Crippen LogP contribution is -2.40. The van der Waals surface area contributed by atoms with Crippen LogP contribution in [0.2, 0.25) is 0 Å². The van der Waals surface area contributed by atoms with Crippen molar-refractivity contribution in [1.82, 2.24) is 15.0 Å². The van der Waals surface area contributed by atoms with E-state index < -0.39 is 0 Å². The van der Waals surface area contributed by atoms with Crippen molar-refractivity contribution < 1.29 is 14.6 Å². The number of phenols is 1. The van der Waals surface area contributed by atoms with Crippen LogP contribution in [-0.4, -0.2) is 72.7 Å². The lowest BCUT2D eigenvalue weighted by atomic mass is 10.3. The fourth-order valence-corrected chi connectivity index (χ4v) is 2.93. The molecule has 138 valence electrons. The number of phenolic OH excluding ortho intramolecular Hbond substituents is 1. The number of nitrogens with one attached hydrogen (secondary N) is 1. The Hall–Kier alpha value is -2.65. The van der Waals surface area contributed by atoms with Crippen molar-refractivity contribution in [1.29, 1.82) is 0 Å². The van der Waals surface area contributed by atoms with Crippen LogP contribution < -0.4 is 15.1 Å². The van der Waals surface area contributed by atoms with E-state index in [1.165, 1.54) is 0 Å². The number of aromatic nitrogens is 3. The Morgan fingerprint density at radius 1 is 0.846 bits per heavy atom. The molecule has 3 heterocycles. The van der Waals surface area contributed by atoms with Gasteiger partial charge in [-0.3, -0.25) is 0 Å². The second kappa shape index (κ2) is 7.71. The summed E-state index contributed by atoms with van der Waals surface area (Å²) in [5, 5.41) is 12.8. The van der Waals surface area contributed by atoms with Crippen molar-refractivity contribution in [3.63, 3.8) is 0 Å². The summed E-state index contributed by atoms with van der Waals surface area (Å²) in [4.78, 5) is 18.0. The Kier molecular flexibility index (Phi) is 4.98. The summed E-state index contributed by atoms with van der Waals surface area (Å²) in [5.74, 6) is 1.90. The van der Waals surface area contributed by atoms with Gasteiger partial charge in [0.1, 0.15) is 5.75 Å². The first-order chi connectivity index (χ1) is 12.8. The van der Waals surface area contributed by atoms with Gasteiger partial charge in [0.25, 0.3) is 0 Å². The normalized spacial score (nSPS) is 18.0. The summed E-state index contributed by atoms with van der Waals surface area (Å²) in [6, 6.07) is 6.88. The molecule has 1 aromatic carbocycles. The summed E-state index contributed by atoms with van der Waals surface area (Å²) in [7, 11) is 0. The molecule has 0 radical (unpaired) electrons. The van der Waals surface area contributed by atoms with Crippen LogP contribution in [0.5, 0.6) is 5.75 Å². The van der Waals surface area contributed by atoms with Crippen LogP contribution in [0.3, 0.4) is 0 Å². The number of benzene rings is 1. The number of morpholine rings is 2. The molecule has 0 unspecified atom stereocenters. The minimum absolute atomic E-state index is 0.186. The molecular formula is C17H22N6O3. The molecule has 4 rings (SSSR count). The van der Waals surface area contributed by atoms with Crippen LogP contribution in [0.15, 0.2) is 24.3 Å². The van der Waals surface area contributed by atoms with Gasteiger partial charge >= 0.3 is 0 Å². The van der Waals surface area contributed by atoms with Crippen LogP contribution in [0.1, 0.15) is 0 Å². The van der Waals surface area contributed by atoms with E-state index in [0.717, 1.165) is 31.9 Å². The number of ether oxygens (including phenoxy) is 2. The minimum Gasteiger partial charge on any atom is -0.508 e. The van der Waals surface area contributed by atoms with Gasteiger partial charge < -0.3 is 29.7 Å². The third-order valence-electron chi connectivity index (χ3n) is 4.30. The van der Waals surface area contributed by atoms with E-state index in [9.17, 15) is 5.11 Å². The quantitative estimate of drug-likeness (QED) is 0.829. The highest BCUT2D eigenvalue weighted by molar-refractivity contribution is 5.58. The number of anilines is 4. The van der Waals surface area contributed by atoms with E-state index in [1.54, 1.807) is 18.2 Å². The molecule has 2 aliphatic heterocycles. The van der Waals surface area contributed by atoms with Gasteiger partial charge in [0.05, 0.1) is 26.4 Å². The van der Waals surface area contributed by atoms with Gasteiger partial charge in [0.2, 0.25) is 17.8 Å². The van der Waals surface area contributed by atoms with E-state index in [2.05, 4.69) is 30.1 Å². The molecule has 1 aromatic heterocycles. The molecule has 0 aliphatic carbocycles. The lowest BCUT2D eigenvalue weighted by Gasteiger charge is -2.30. The third-order valence-corrected chi connectivity index (χ3v) is 4.30. The van der Waals surface area contributed by atoms with Crippen molar-refractivity contribution in [3.8, 4) is 5.75 Å². The minimum atomic E-state index is 0.186. The van der Waals surface area contributed by atoms with E-state index in [0.29, 0.717) is 44.3 Å². The molecular weight excluding hydrogens is 336 g/mol. The maximum Gasteiger partial charge on any atom is 0.233 e. The molecule has 0 amide bonds. The van der Waals surface area contributed by atoms with E-state index in [-0.39, 0.29) is 5.75 Å². The topological polar surface area (TPSA) is 95.9 Å². The first kappa shape index (κ1) is 16.8. The van der Waals surface area contributed by atoms with Crippen molar-refractivity contribution in [2.75, 3.05) is 67.7 Å². The summed E-state index contributed by atoms with van der Waals surface area (Å²) < 4.78 is 10.8. The standard InChI is InChI=1S/C17H22N6O3/c24-14-3-1-2-13(12-14)18-15-19-16(22-4-8-25-9-5-22)21-17(20-15)23-6-10-26-11-7-23/h1-3,12,24H,4-11H2,(H,18,19,20,21). The van der Waals surface area contributed by atoms with Gasteiger partial charge in [-0.1, -0.05) is 6.07 Å². The molecule has 0 spiro atoms. The molecule has 0 atom stereocenters. The van der Waals surface area contributed by atoms with Crippen molar-refractivity contribution in [2.45, 2.75) is 0 Å². The number of aromatic hydroxyl groups is 1. The zero-order valence-corrected chi connectivity index (χ0v) is 14.5. The van der Waals surface area contributed by atoms with Crippen LogP contribution >= 0.6 is 0 Å². The number of nitrogens with zero attached hydrogens (tertiary/aromatic N) is 5. The number of rotatable bonds is 4. The number of hydrogen-bond donors (Lipinski definition) is 2. The van der Waals surface area contributed by atoms with E-state index >= 15 is 0 Å². The largest absolute Gasteiger partial charge is 0.508 e. The molecule has 9 nitrogen and oxygen atoms in total. The smallest absolute Gasteiger partial charge is 0.233 e. The van der Waals surface area contributed by atoms with Crippen LogP contribution in [0, 0.1) is 0 Å². The van der Waals surface area contributed by atoms with Crippen LogP contribution in [-0.2, 0) is 9.47 Å². The first-order valence-electron chi connectivity index (χ1n) is 8.75. The maximum absolute atomic E-state index is 9.67. The van der Waals surface area contributed by atoms with Gasteiger partial charge in [-0.15, -0.1) is 0 Å². The molecule has 2 aromatic rings. The van der Waals surface area contributed by atoms with Gasteiger partial charge in [-0.2, -0.15) is 15.0 Å². The highest BCUT2D eigenvalue weighted by Gasteiger charge is 2.20. The first-order valence-corrected chi connectivity index (χ1v) is 8.75. The van der Waals surface area contributed by atoms with E-state index in [1.807, 2.05) is 6.07 Å². The summed E-state index contributed by atoms with van der Waals surface area (Å²) in [6.45, 7) is 5.63. The molecule has 0 bridgehead atoms. The lowest BCUT2D eigenvalue weighted by molar-refractivity contribution is 0.121. The highest BCUT2D eigenvalue weighted by Crippen LogP contribution is 2.22. The average Bonchev–Trinajstić information content (AvgIpc) is 2.69. The van der Waals surface area contributed by atoms with E-state index in [4.69, 9.17) is 9.47 Å². The van der Waals surface area contributed by atoms with Crippen LogP contribution in [0.4, 0.5) is 23.5 Å². The molecule has 26 heavy (non-hydrogen) atoms. The maximum atomic E-state index is 9.67. The van der Waals surface area contributed by atoms with Gasteiger partial charge in [-0.25, -0.2) is 0 Å². The average molecular weight is 358 g/mol. The Balaban J connectivity index is 1.64. The second-order valence-corrected chi connectivity index (χ2v) is 6.13. The van der Waals surface area contributed by atoms with Gasteiger partial charge in [0.15, 0.2) is 0 Å². The molecule has 2 saturated heterocycles. The zero-order valence-electron chi connectivity index (χ0n) is 14.5. The fraction of sp³-hybridized carbons (Fsp3) is 0.471. The Morgan fingerprint density at radius 3 is 1.96 bits per heavy atom. The van der Waals surface area contributed by atoms with Crippen molar-refractivity contribution in [2.24, 2.45) is 0 Å². The molecule has 0 saturated carbocycles. The fourth-order valence-electron chi connectivity index (χ4n) is 2.93. The molecule has 2 fully saturated rings. The van der Waals surface area contributed by atoms with Gasteiger partial charge in [0, 0.05) is 37.9 Å². The van der Waals surface area contributed by atoms with Crippen molar-refractivity contribution in [3.05, 3.63) is 24.3 Å². The number of hydrogen-bond acceptors (Lipinski definition) is 9. The SMILES string of the molecule is Oc1cccc(Nc2nc(N3CCOCC3)nc(N3CCOCC3)n2)c1. The molecule has 2 N–H and O–H groups in total.